The van der Waals surface area contributed by atoms with Gasteiger partial charge in [-0.15, -0.1) is 0 Å². The topological polar surface area (TPSA) is 89.3 Å². The molecule has 0 spiro atoms. The number of rotatable bonds is 7. The zero-order valence-electron chi connectivity index (χ0n) is 12.9. The highest BCUT2D eigenvalue weighted by atomic mass is 16.5. The fraction of sp³-hybridized carbons (Fsp3) is 0.400. The Morgan fingerprint density at radius 2 is 2.27 bits per heavy atom. The molecule has 0 fully saturated rings. The van der Waals surface area contributed by atoms with Crippen LogP contribution in [0.25, 0.3) is 11.4 Å². The van der Waals surface area contributed by atoms with Crippen molar-refractivity contribution in [3.8, 4) is 17.1 Å². The summed E-state index contributed by atoms with van der Waals surface area (Å²) >= 11 is 0. The molecule has 22 heavy (non-hydrogen) atoms. The average Bonchev–Trinajstić information content (AvgIpc) is 3.03. The first kappa shape index (κ1) is 16.0. The van der Waals surface area contributed by atoms with Crippen LogP contribution in [-0.2, 0) is 4.79 Å². The second kappa shape index (κ2) is 7.56. The Bertz CT molecular complexity index is 627. The number of hydrogen-bond donors (Lipinski definition) is 2. The van der Waals surface area contributed by atoms with Crippen molar-refractivity contribution in [2.24, 2.45) is 0 Å². The Kier molecular flexibility index (Phi) is 5.48. The molecule has 1 aromatic heterocycles. The molecule has 7 nitrogen and oxygen atoms in total. The van der Waals surface area contributed by atoms with Gasteiger partial charge in [-0.2, -0.15) is 4.98 Å². The Morgan fingerprint density at radius 1 is 1.45 bits per heavy atom. The maximum Gasteiger partial charge on any atom is 0.249 e. The summed E-state index contributed by atoms with van der Waals surface area (Å²) in [6.45, 7) is 2.43. The van der Waals surface area contributed by atoms with Gasteiger partial charge in [-0.3, -0.25) is 4.79 Å². The van der Waals surface area contributed by atoms with E-state index < -0.39 is 0 Å². The van der Waals surface area contributed by atoms with E-state index in [0.29, 0.717) is 24.7 Å². The lowest BCUT2D eigenvalue weighted by atomic mass is 10.2. The molecule has 1 heterocycles. The van der Waals surface area contributed by atoms with Gasteiger partial charge in [0.15, 0.2) is 0 Å². The number of nitrogens with zero attached hydrogens (tertiary/aromatic N) is 2. The monoisotopic (exact) mass is 304 g/mol. The summed E-state index contributed by atoms with van der Waals surface area (Å²) in [4.78, 5) is 16.0. The minimum Gasteiger partial charge on any atom is -0.497 e. The van der Waals surface area contributed by atoms with Gasteiger partial charge in [0.1, 0.15) is 11.8 Å². The number of methoxy groups -OCH3 is 1. The van der Waals surface area contributed by atoms with Gasteiger partial charge in [0, 0.05) is 18.5 Å². The van der Waals surface area contributed by atoms with Crippen molar-refractivity contribution in [1.29, 1.82) is 0 Å². The van der Waals surface area contributed by atoms with Crippen molar-refractivity contribution >= 4 is 5.91 Å². The smallest absolute Gasteiger partial charge is 0.249 e. The highest BCUT2D eigenvalue weighted by Gasteiger charge is 2.17. The minimum atomic E-state index is -0.337. The molecule has 0 saturated carbocycles. The summed E-state index contributed by atoms with van der Waals surface area (Å²) in [6.07, 6.45) is 0.401. The van der Waals surface area contributed by atoms with Crippen LogP contribution in [-0.4, -0.2) is 36.8 Å². The standard InChI is InChI=1S/C15H20N4O3/c1-10(17-13(20)7-8-16-2)15-18-14(19-22-15)11-5-4-6-12(9-11)21-3/h4-6,9-10,16H,7-8H2,1-3H3,(H,17,20). The summed E-state index contributed by atoms with van der Waals surface area (Å²) in [7, 11) is 3.40. The second-order valence-corrected chi connectivity index (χ2v) is 4.83. The zero-order valence-corrected chi connectivity index (χ0v) is 12.9. The van der Waals surface area contributed by atoms with Crippen LogP contribution in [0, 0.1) is 0 Å². The molecule has 0 bridgehead atoms. The molecule has 0 radical (unpaired) electrons. The highest BCUT2D eigenvalue weighted by Crippen LogP contribution is 2.22. The van der Waals surface area contributed by atoms with Crippen LogP contribution in [0.3, 0.4) is 0 Å². The van der Waals surface area contributed by atoms with Gasteiger partial charge in [0.25, 0.3) is 0 Å². The van der Waals surface area contributed by atoms with E-state index in [1.165, 1.54) is 0 Å². The van der Waals surface area contributed by atoms with Crippen molar-refractivity contribution in [3.63, 3.8) is 0 Å². The van der Waals surface area contributed by atoms with Gasteiger partial charge in [-0.05, 0) is 26.1 Å². The molecule has 118 valence electrons. The van der Waals surface area contributed by atoms with Crippen molar-refractivity contribution in [3.05, 3.63) is 30.2 Å². The maximum absolute atomic E-state index is 11.7. The van der Waals surface area contributed by atoms with Crippen LogP contribution in [0.5, 0.6) is 5.75 Å². The Hall–Kier alpha value is -2.41. The molecule has 0 aliphatic carbocycles. The SMILES string of the molecule is CNCCC(=O)NC(C)c1nc(-c2cccc(OC)c2)no1. The van der Waals surface area contributed by atoms with E-state index in [-0.39, 0.29) is 11.9 Å². The van der Waals surface area contributed by atoms with Crippen LogP contribution in [0.4, 0.5) is 0 Å². The van der Waals surface area contributed by atoms with Crippen molar-refractivity contribution < 1.29 is 14.1 Å². The highest BCUT2D eigenvalue weighted by molar-refractivity contribution is 5.76. The second-order valence-electron chi connectivity index (χ2n) is 4.83. The van der Waals surface area contributed by atoms with Gasteiger partial charge < -0.3 is 19.9 Å². The number of nitrogens with one attached hydrogen (secondary N) is 2. The number of benzene rings is 1. The molecule has 2 N–H and O–H groups in total. The van der Waals surface area contributed by atoms with E-state index >= 15 is 0 Å². The first-order valence-corrected chi connectivity index (χ1v) is 7.06. The fourth-order valence-electron chi connectivity index (χ4n) is 1.90. The minimum absolute atomic E-state index is 0.0667. The fourth-order valence-corrected chi connectivity index (χ4v) is 1.90. The number of hydrogen-bond acceptors (Lipinski definition) is 6. The molecular formula is C15H20N4O3. The number of carbonyl (C=O) groups is 1. The van der Waals surface area contributed by atoms with E-state index in [9.17, 15) is 4.79 Å². The zero-order chi connectivity index (χ0) is 15.9. The number of amides is 1. The van der Waals surface area contributed by atoms with Gasteiger partial charge in [0.05, 0.1) is 7.11 Å². The largest absolute Gasteiger partial charge is 0.497 e. The molecule has 1 amide bonds. The number of carbonyl (C=O) groups excluding carboxylic acids is 1. The first-order valence-electron chi connectivity index (χ1n) is 7.06. The Balaban J connectivity index is 2.05. The lowest BCUT2D eigenvalue weighted by Crippen LogP contribution is -2.29. The van der Waals surface area contributed by atoms with E-state index in [1.807, 2.05) is 24.3 Å². The number of aromatic nitrogens is 2. The molecule has 2 aromatic rings. The van der Waals surface area contributed by atoms with E-state index in [2.05, 4.69) is 20.8 Å². The Labute approximate surface area is 129 Å². The lowest BCUT2D eigenvalue weighted by Gasteiger charge is -2.09. The molecule has 1 aromatic carbocycles. The summed E-state index contributed by atoms with van der Waals surface area (Å²) in [6, 6.07) is 7.05. The van der Waals surface area contributed by atoms with Gasteiger partial charge in [-0.1, -0.05) is 17.3 Å². The number of ether oxygens (including phenoxy) is 1. The molecule has 0 aliphatic heterocycles. The molecule has 1 atom stereocenters. The maximum atomic E-state index is 11.7. The third-order valence-electron chi connectivity index (χ3n) is 3.12. The van der Waals surface area contributed by atoms with Crippen LogP contribution in [0.1, 0.15) is 25.3 Å². The van der Waals surface area contributed by atoms with Crippen LogP contribution in [0.15, 0.2) is 28.8 Å². The Morgan fingerprint density at radius 3 is 3.00 bits per heavy atom. The average molecular weight is 304 g/mol. The molecule has 0 saturated heterocycles. The predicted octanol–water partition coefficient (Wildman–Crippen LogP) is 1.53. The molecule has 7 heteroatoms. The van der Waals surface area contributed by atoms with E-state index in [1.54, 1.807) is 21.1 Å². The normalized spacial score (nSPS) is 12.0. The van der Waals surface area contributed by atoms with E-state index in [4.69, 9.17) is 9.26 Å². The quantitative estimate of drug-likeness (QED) is 0.806. The van der Waals surface area contributed by atoms with Crippen LogP contribution >= 0.6 is 0 Å². The summed E-state index contributed by atoms with van der Waals surface area (Å²) in [5, 5.41) is 9.69. The van der Waals surface area contributed by atoms with Gasteiger partial charge in [0.2, 0.25) is 17.6 Å². The summed E-state index contributed by atoms with van der Waals surface area (Å²) in [5.41, 5.74) is 0.794. The lowest BCUT2D eigenvalue weighted by molar-refractivity contribution is -0.121. The van der Waals surface area contributed by atoms with Crippen molar-refractivity contribution in [2.75, 3.05) is 20.7 Å². The van der Waals surface area contributed by atoms with Crippen LogP contribution < -0.4 is 15.4 Å². The molecule has 2 rings (SSSR count). The third kappa shape index (κ3) is 4.05. The van der Waals surface area contributed by atoms with Crippen molar-refractivity contribution in [2.45, 2.75) is 19.4 Å². The third-order valence-corrected chi connectivity index (χ3v) is 3.12. The summed E-state index contributed by atoms with van der Waals surface area (Å²) < 4.78 is 10.4. The first-order chi connectivity index (χ1) is 10.6. The molecule has 1 unspecified atom stereocenters. The summed E-state index contributed by atoms with van der Waals surface area (Å²) in [5.74, 6) is 1.49. The molecule has 0 aliphatic rings. The van der Waals surface area contributed by atoms with E-state index in [0.717, 1.165) is 11.3 Å². The van der Waals surface area contributed by atoms with Gasteiger partial charge >= 0.3 is 0 Å². The van der Waals surface area contributed by atoms with Gasteiger partial charge in [-0.25, -0.2) is 0 Å². The van der Waals surface area contributed by atoms with Crippen LogP contribution in [0.2, 0.25) is 0 Å². The predicted molar refractivity (Wildman–Crippen MR) is 81.4 cm³/mol. The van der Waals surface area contributed by atoms with Crippen molar-refractivity contribution in [1.82, 2.24) is 20.8 Å². The molecular weight excluding hydrogens is 284 g/mol.